The van der Waals surface area contributed by atoms with Crippen LogP contribution < -0.4 is 19.9 Å². The fourth-order valence-corrected chi connectivity index (χ4v) is 7.16. The molecule has 2 saturated heterocycles. The molecule has 2 atom stereocenters. The van der Waals surface area contributed by atoms with Crippen molar-refractivity contribution in [3.63, 3.8) is 0 Å². The molecule has 9 nitrogen and oxygen atoms in total. The molecule has 11 heteroatoms. The smallest absolute Gasteiger partial charge is 0.296 e. The Labute approximate surface area is 267 Å². The third-order valence-electron chi connectivity index (χ3n) is 8.84. The number of anilines is 2. The highest BCUT2D eigenvalue weighted by Crippen LogP contribution is 2.45. The predicted octanol–water partition coefficient (Wildman–Crippen LogP) is 7.47. The second-order valence-corrected chi connectivity index (χ2v) is 12.4. The van der Waals surface area contributed by atoms with Crippen molar-refractivity contribution < 1.29 is 9.66 Å². The van der Waals surface area contributed by atoms with Crippen molar-refractivity contribution in [1.82, 2.24) is 14.9 Å². The molecule has 0 saturated carbocycles. The number of nitrogens with zero attached hydrogens (tertiary/aromatic N) is 5. The molecule has 2 aromatic carbocycles. The molecule has 0 spiro atoms. The maximum absolute atomic E-state index is 12.1. The zero-order valence-electron chi connectivity index (χ0n) is 25.2. The molecule has 6 rings (SSSR count). The number of pyridine rings is 1. The highest BCUT2D eigenvalue weighted by Gasteiger charge is 2.42. The molecule has 0 aliphatic carbocycles. The van der Waals surface area contributed by atoms with E-state index in [0.29, 0.717) is 21.6 Å². The second-order valence-electron chi connectivity index (χ2n) is 11.6. The summed E-state index contributed by atoms with van der Waals surface area (Å²) < 4.78 is 7.20. The van der Waals surface area contributed by atoms with E-state index in [1.807, 2.05) is 42.7 Å². The molecular weight excluding hydrogens is 596 g/mol. The third kappa shape index (κ3) is 5.37. The minimum atomic E-state index is -0.377. The molecular formula is C33H35ClN6O3S. The average molecular weight is 631 g/mol. The summed E-state index contributed by atoms with van der Waals surface area (Å²) in [5.41, 5.74) is 5.86. The quantitative estimate of drug-likeness (QED) is 0.128. The topological polar surface area (TPSA) is 88.7 Å². The van der Waals surface area contributed by atoms with Crippen molar-refractivity contribution in [2.24, 2.45) is 5.92 Å². The lowest BCUT2D eigenvalue weighted by atomic mass is 9.96. The number of thiocarbonyl (C=S) groups is 1. The molecule has 0 amide bonds. The van der Waals surface area contributed by atoms with Crippen molar-refractivity contribution >= 4 is 46.0 Å². The number of nitro groups is 1. The molecule has 0 unspecified atom stereocenters. The predicted molar refractivity (Wildman–Crippen MR) is 178 cm³/mol. The summed E-state index contributed by atoms with van der Waals surface area (Å²) in [6, 6.07) is 18.4. The van der Waals surface area contributed by atoms with Crippen LogP contribution in [0.15, 0.2) is 66.9 Å². The van der Waals surface area contributed by atoms with E-state index < -0.39 is 0 Å². The van der Waals surface area contributed by atoms with Crippen LogP contribution >= 0.6 is 23.8 Å². The van der Waals surface area contributed by atoms with Gasteiger partial charge in [-0.1, -0.05) is 24.6 Å². The van der Waals surface area contributed by atoms with Crippen molar-refractivity contribution in [2.75, 3.05) is 30.0 Å². The third-order valence-corrected chi connectivity index (χ3v) is 9.46. The fraction of sp³-hybridized carbons (Fsp3) is 0.333. The number of nitrogens with one attached hydrogen (secondary N) is 1. The van der Waals surface area contributed by atoms with E-state index in [2.05, 4.69) is 45.2 Å². The number of piperidine rings is 1. The monoisotopic (exact) mass is 630 g/mol. The SMILES string of the molecule is COc1ccc(-n2c(C)cc([C@@H]3[C@@H](c4ccccn4)NC(=S)N3c3ccc(N4CCC(C)CC4)c(Cl)c3)c2C)c([N+](=O)[O-])c1. The van der Waals surface area contributed by atoms with Gasteiger partial charge >= 0.3 is 0 Å². The lowest BCUT2D eigenvalue weighted by Gasteiger charge is -2.33. The summed E-state index contributed by atoms with van der Waals surface area (Å²) in [7, 11) is 1.50. The van der Waals surface area contributed by atoms with Crippen molar-refractivity contribution in [3.8, 4) is 11.4 Å². The highest BCUT2D eigenvalue weighted by atomic mass is 35.5. The van der Waals surface area contributed by atoms with Gasteiger partial charge in [-0.15, -0.1) is 0 Å². The van der Waals surface area contributed by atoms with Crippen LogP contribution in [0.5, 0.6) is 5.75 Å². The van der Waals surface area contributed by atoms with Gasteiger partial charge < -0.3 is 24.4 Å². The lowest BCUT2D eigenvalue weighted by Crippen LogP contribution is -2.33. The molecule has 2 aliphatic heterocycles. The van der Waals surface area contributed by atoms with Gasteiger partial charge in [-0.05, 0) is 98.9 Å². The lowest BCUT2D eigenvalue weighted by molar-refractivity contribution is -0.384. The Bertz CT molecular complexity index is 1720. The zero-order chi connectivity index (χ0) is 31.1. The van der Waals surface area contributed by atoms with E-state index in [0.717, 1.165) is 65.9 Å². The number of rotatable bonds is 7. The Kier molecular flexibility index (Phi) is 8.22. The zero-order valence-corrected chi connectivity index (χ0v) is 26.7. The van der Waals surface area contributed by atoms with Crippen LogP contribution in [0, 0.1) is 29.9 Å². The van der Waals surface area contributed by atoms with Crippen molar-refractivity contribution in [1.29, 1.82) is 0 Å². The fourth-order valence-electron chi connectivity index (χ4n) is 6.52. The largest absolute Gasteiger partial charge is 0.496 e. The van der Waals surface area contributed by atoms with Crippen LogP contribution in [0.1, 0.15) is 54.5 Å². The first-order valence-corrected chi connectivity index (χ1v) is 15.5. The number of hydrogen-bond donors (Lipinski definition) is 1. The van der Waals surface area contributed by atoms with Gasteiger partial charge in [0.05, 0.1) is 46.6 Å². The van der Waals surface area contributed by atoms with Crippen LogP contribution in [0.2, 0.25) is 5.02 Å². The molecule has 2 aliphatic rings. The van der Waals surface area contributed by atoms with E-state index >= 15 is 0 Å². The number of nitro benzene ring substituents is 1. The van der Waals surface area contributed by atoms with Gasteiger partial charge in [-0.3, -0.25) is 15.1 Å². The molecule has 2 fully saturated rings. The number of benzene rings is 2. The summed E-state index contributed by atoms with van der Waals surface area (Å²) >= 11 is 12.9. The maximum atomic E-state index is 12.1. The molecule has 0 bridgehead atoms. The molecule has 4 heterocycles. The van der Waals surface area contributed by atoms with Gasteiger partial charge in [0.25, 0.3) is 5.69 Å². The van der Waals surface area contributed by atoms with E-state index in [9.17, 15) is 10.1 Å². The minimum absolute atomic E-state index is 0.0367. The normalized spacial score (nSPS) is 18.9. The maximum Gasteiger partial charge on any atom is 0.296 e. The number of halogens is 1. The standard InChI is InChI=1S/C33H35ClN6O3S/c1-20-12-15-37(16-13-20)28-10-8-23(18-26(28)34)39-32(31(36-33(39)44)27-7-5-6-14-35-27)25-17-21(2)38(22(25)3)29-11-9-24(43-4)19-30(29)40(41)42/h5-11,14,17-20,31-32H,12-13,15-16H2,1-4H3,(H,36,44)/t31-,32-/m1/s1. The molecule has 2 aromatic heterocycles. The summed E-state index contributed by atoms with van der Waals surface area (Å²) in [4.78, 5) is 20.9. The van der Waals surface area contributed by atoms with Crippen LogP contribution in [0.3, 0.4) is 0 Å². The van der Waals surface area contributed by atoms with Gasteiger partial charge in [0.1, 0.15) is 11.4 Å². The van der Waals surface area contributed by atoms with Gasteiger partial charge in [0.15, 0.2) is 5.11 Å². The van der Waals surface area contributed by atoms with Gasteiger partial charge in [-0.25, -0.2) is 0 Å². The van der Waals surface area contributed by atoms with Crippen LogP contribution in [-0.4, -0.2) is 39.8 Å². The van der Waals surface area contributed by atoms with Gasteiger partial charge in [0.2, 0.25) is 0 Å². The number of aryl methyl sites for hydroxylation is 1. The van der Waals surface area contributed by atoms with E-state index in [-0.39, 0.29) is 22.7 Å². The summed E-state index contributed by atoms with van der Waals surface area (Å²) in [6.07, 6.45) is 4.07. The Morgan fingerprint density at radius 3 is 2.48 bits per heavy atom. The molecule has 1 N–H and O–H groups in total. The Morgan fingerprint density at radius 1 is 1.07 bits per heavy atom. The molecule has 4 aromatic rings. The molecule has 0 radical (unpaired) electrons. The van der Waals surface area contributed by atoms with Crippen molar-refractivity contribution in [2.45, 2.75) is 45.7 Å². The number of ether oxygens (including phenoxy) is 1. The average Bonchev–Trinajstić information content (AvgIpc) is 3.52. The first kappa shape index (κ1) is 29.9. The first-order chi connectivity index (χ1) is 21.2. The Balaban J connectivity index is 1.46. The number of methoxy groups -OCH3 is 1. The van der Waals surface area contributed by atoms with Gasteiger partial charge in [0, 0.05) is 36.4 Å². The first-order valence-electron chi connectivity index (χ1n) is 14.7. The second kappa shape index (κ2) is 12.1. The van der Waals surface area contributed by atoms with Crippen LogP contribution in [0.4, 0.5) is 17.1 Å². The van der Waals surface area contributed by atoms with E-state index in [4.69, 9.17) is 28.6 Å². The Hall–Kier alpha value is -4.15. The van der Waals surface area contributed by atoms with Crippen LogP contribution in [0.25, 0.3) is 5.69 Å². The summed E-state index contributed by atoms with van der Waals surface area (Å²) in [5.74, 6) is 1.15. The van der Waals surface area contributed by atoms with E-state index in [1.165, 1.54) is 13.2 Å². The summed E-state index contributed by atoms with van der Waals surface area (Å²) in [5, 5.41) is 16.9. The van der Waals surface area contributed by atoms with Gasteiger partial charge in [-0.2, -0.15) is 0 Å². The van der Waals surface area contributed by atoms with E-state index in [1.54, 1.807) is 18.3 Å². The number of aromatic nitrogens is 2. The highest BCUT2D eigenvalue weighted by molar-refractivity contribution is 7.80. The summed E-state index contributed by atoms with van der Waals surface area (Å²) in [6.45, 7) is 8.20. The Morgan fingerprint density at radius 2 is 1.82 bits per heavy atom. The number of hydrogen-bond acceptors (Lipinski definition) is 6. The van der Waals surface area contributed by atoms with Crippen LogP contribution in [-0.2, 0) is 0 Å². The minimum Gasteiger partial charge on any atom is -0.496 e. The van der Waals surface area contributed by atoms with Crippen molar-refractivity contribution in [3.05, 3.63) is 105 Å². The molecule has 44 heavy (non-hydrogen) atoms. The molecule has 228 valence electrons.